The molecule has 0 saturated heterocycles. The molecule has 0 spiro atoms. The minimum Gasteiger partial charge on any atom is -0.435 e. The van der Waals surface area contributed by atoms with E-state index in [1.54, 1.807) is 24.8 Å². The van der Waals surface area contributed by atoms with Crippen molar-refractivity contribution in [1.82, 2.24) is 19.9 Å². The molecule has 7 rings (SSSR count). The average molecular weight is 601 g/mol. The number of anilines is 2. The molecule has 0 amide bonds. The lowest BCUT2D eigenvalue weighted by Crippen LogP contribution is -2.07. The lowest BCUT2D eigenvalue weighted by molar-refractivity contribution is 0.616. The lowest BCUT2D eigenvalue weighted by atomic mass is 10.1. The van der Waals surface area contributed by atoms with Crippen LogP contribution >= 0.6 is 0 Å². The highest BCUT2D eigenvalue weighted by Crippen LogP contribution is 2.37. The van der Waals surface area contributed by atoms with Gasteiger partial charge in [0, 0.05) is 86.6 Å². The fraction of sp³-hybridized carbons (Fsp3) is 0.105. The van der Waals surface area contributed by atoms with E-state index in [2.05, 4.69) is 33.6 Å². The summed E-state index contributed by atoms with van der Waals surface area (Å²) in [4.78, 5) is 22.3. The van der Waals surface area contributed by atoms with Crippen molar-refractivity contribution in [3.05, 3.63) is 120 Å². The molecule has 8 nitrogen and oxygen atoms in total. The number of nitrogens with zero attached hydrogens (tertiary/aromatic N) is 6. The van der Waals surface area contributed by atoms with E-state index in [-0.39, 0.29) is 0 Å². The molecule has 4 heterocycles. The third kappa shape index (κ3) is 5.52. The molecule has 8 heteroatoms. The zero-order chi connectivity index (χ0) is 31.6. The van der Waals surface area contributed by atoms with Gasteiger partial charge in [-0.3, -0.25) is 9.97 Å². The highest BCUT2D eigenvalue weighted by atomic mass is 16.4. The predicted molar refractivity (Wildman–Crippen MR) is 182 cm³/mol. The molecule has 0 N–H and O–H groups in total. The average Bonchev–Trinajstić information content (AvgIpc) is 3.73. The Morgan fingerprint density at radius 1 is 0.478 bits per heavy atom. The van der Waals surface area contributed by atoms with E-state index in [0.29, 0.717) is 45.1 Å². The minimum atomic E-state index is 0.427. The Bertz CT molecular complexity index is 2080. The fourth-order valence-corrected chi connectivity index (χ4v) is 4.96. The van der Waals surface area contributed by atoms with Gasteiger partial charge < -0.3 is 18.6 Å². The first-order valence-corrected chi connectivity index (χ1v) is 14.6. The van der Waals surface area contributed by atoms with Crippen LogP contribution in [0.5, 0.6) is 0 Å². The molecule has 0 radical (unpaired) electrons. The molecule has 4 aromatic heterocycles. The summed E-state index contributed by atoms with van der Waals surface area (Å²) >= 11 is 0. The van der Waals surface area contributed by atoms with Gasteiger partial charge in [-0.25, -0.2) is 9.97 Å². The molecule has 3 aromatic carbocycles. The molecule has 0 aliphatic heterocycles. The van der Waals surface area contributed by atoms with Gasteiger partial charge in [0.25, 0.3) is 0 Å². The number of aromatic nitrogens is 4. The monoisotopic (exact) mass is 600 g/mol. The van der Waals surface area contributed by atoms with Crippen LogP contribution in [0.3, 0.4) is 0 Å². The van der Waals surface area contributed by atoms with Gasteiger partial charge in [0.2, 0.25) is 11.8 Å². The van der Waals surface area contributed by atoms with Gasteiger partial charge in [0.05, 0.1) is 11.1 Å². The van der Waals surface area contributed by atoms with Gasteiger partial charge in [-0.1, -0.05) is 23.7 Å². The molecule has 0 saturated carbocycles. The molecule has 0 aliphatic rings. The molecular formula is C38H28N6O2. The Kier molecular flexibility index (Phi) is 7.38. The number of benzene rings is 3. The third-order valence-electron chi connectivity index (χ3n) is 7.47. The number of fused-ring (bicyclic) bond motifs is 2. The van der Waals surface area contributed by atoms with Gasteiger partial charge in [0.1, 0.15) is 11.0 Å². The Morgan fingerprint density at radius 3 is 1.20 bits per heavy atom. The second-order valence-corrected chi connectivity index (χ2v) is 11.0. The zero-order valence-corrected chi connectivity index (χ0v) is 25.7. The van der Waals surface area contributed by atoms with E-state index in [0.717, 1.165) is 33.6 Å². The molecule has 0 atom stereocenters. The fourth-order valence-electron chi connectivity index (χ4n) is 4.96. The van der Waals surface area contributed by atoms with E-state index >= 15 is 0 Å². The van der Waals surface area contributed by atoms with Gasteiger partial charge in [-0.2, -0.15) is 0 Å². The third-order valence-corrected chi connectivity index (χ3v) is 7.47. The van der Waals surface area contributed by atoms with E-state index in [4.69, 9.17) is 18.8 Å². The molecule has 222 valence electrons. The second-order valence-electron chi connectivity index (χ2n) is 11.0. The molecule has 0 bridgehead atoms. The molecular weight excluding hydrogens is 572 g/mol. The molecule has 0 aliphatic carbocycles. The largest absolute Gasteiger partial charge is 0.435 e. The first kappa shape index (κ1) is 28.4. The van der Waals surface area contributed by atoms with Crippen LogP contribution in [0, 0.1) is 23.7 Å². The Morgan fingerprint density at radius 2 is 0.848 bits per heavy atom. The quantitative estimate of drug-likeness (QED) is 0.199. The summed E-state index contributed by atoms with van der Waals surface area (Å²) in [6, 6.07) is 23.5. The van der Waals surface area contributed by atoms with Crippen molar-refractivity contribution < 1.29 is 8.83 Å². The minimum absolute atomic E-state index is 0.427. The number of hydrogen-bond acceptors (Lipinski definition) is 8. The van der Waals surface area contributed by atoms with Crippen LogP contribution < -0.4 is 9.80 Å². The van der Waals surface area contributed by atoms with Crippen molar-refractivity contribution >= 4 is 33.6 Å². The molecule has 7 aromatic rings. The van der Waals surface area contributed by atoms with Crippen LogP contribution in [0.2, 0.25) is 0 Å². The first-order chi connectivity index (χ1) is 22.4. The maximum Gasteiger partial charge on any atom is 0.227 e. The number of rotatable bonds is 4. The topological polar surface area (TPSA) is 84.3 Å². The van der Waals surface area contributed by atoms with Crippen LogP contribution in [-0.4, -0.2) is 48.1 Å². The number of hydrogen-bond donors (Lipinski definition) is 0. The summed E-state index contributed by atoms with van der Waals surface area (Å²) in [5.41, 5.74) is 8.64. The standard InChI is InChI=1S/C38H28N6O2/c1-43(2)29-11-5-25(6-12-29)9-15-31-33-36(46-37(41-33)27-17-21-39-22-18-27)32(16-10-26-7-13-30(14-8-26)44(3)4)34-35(31)45-38(42-34)28-19-23-40-24-20-28/h5-8,11-14,17-24H,1-4H3. The van der Waals surface area contributed by atoms with Crippen LogP contribution in [-0.2, 0) is 0 Å². The summed E-state index contributed by atoms with van der Waals surface area (Å²) in [5, 5.41) is 0. The van der Waals surface area contributed by atoms with Gasteiger partial charge in [0.15, 0.2) is 11.2 Å². The van der Waals surface area contributed by atoms with Crippen LogP contribution in [0.1, 0.15) is 22.3 Å². The predicted octanol–water partition coefficient (Wildman–Crippen LogP) is 7.02. The van der Waals surface area contributed by atoms with E-state index in [1.165, 1.54) is 0 Å². The summed E-state index contributed by atoms with van der Waals surface area (Å²) < 4.78 is 12.9. The van der Waals surface area contributed by atoms with Crippen LogP contribution in [0.15, 0.2) is 106 Å². The molecule has 46 heavy (non-hydrogen) atoms. The number of pyridine rings is 2. The van der Waals surface area contributed by atoms with Crippen molar-refractivity contribution in [2.24, 2.45) is 0 Å². The van der Waals surface area contributed by atoms with Gasteiger partial charge >= 0.3 is 0 Å². The highest BCUT2D eigenvalue weighted by Gasteiger charge is 2.24. The smallest absolute Gasteiger partial charge is 0.227 e. The zero-order valence-electron chi connectivity index (χ0n) is 25.7. The molecule has 0 fully saturated rings. The second kappa shape index (κ2) is 12.0. The summed E-state index contributed by atoms with van der Waals surface area (Å²) in [7, 11) is 8.03. The maximum atomic E-state index is 6.47. The van der Waals surface area contributed by atoms with Crippen LogP contribution in [0.25, 0.3) is 45.1 Å². The maximum absolute atomic E-state index is 6.47. The van der Waals surface area contributed by atoms with Crippen molar-refractivity contribution in [1.29, 1.82) is 0 Å². The Balaban J connectivity index is 1.48. The van der Waals surface area contributed by atoms with Crippen molar-refractivity contribution in [3.63, 3.8) is 0 Å². The number of oxazole rings is 2. The van der Waals surface area contributed by atoms with E-state index < -0.39 is 0 Å². The Labute approximate surface area is 266 Å². The van der Waals surface area contributed by atoms with E-state index in [9.17, 15) is 0 Å². The van der Waals surface area contributed by atoms with E-state index in [1.807, 2.05) is 111 Å². The van der Waals surface area contributed by atoms with Gasteiger partial charge in [-0.15, -0.1) is 0 Å². The van der Waals surface area contributed by atoms with Crippen molar-refractivity contribution in [2.75, 3.05) is 38.0 Å². The summed E-state index contributed by atoms with van der Waals surface area (Å²) in [5.74, 6) is 14.2. The summed E-state index contributed by atoms with van der Waals surface area (Å²) in [6.45, 7) is 0. The highest BCUT2D eigenvalue weighted by molar-refractivity contribution is 6.04. The Hall–Kier alpha value is -6.38. The lowest BCUT2D eigenvalue weighted by Gasteiger charge is -2.11. The first-order valence-electron chi connectivity index (χ1n) is 14.6. The summed E-state index contributed by atoms with van der Waals surface area (Å²) in [6.07, 6.45) is 6.81. The van der Waals surface area contributed by atoms with Gasteiger partial charge in [-0.05, 0) is 72.8 Å². The van der Waals surface area contributed by atoms with Crippen molar-refractivity contribution in [3.8, 4) is 46.6 Å². The normalized spacial score (nSPS) is 10.7. The van der Waals surface area contributed by atoms with Crippen molar-refractivity contribution in [2.45, 2.75) is 0 Å². The molecule has 0 unspecified atom stereocenters. The SMILES string of the molecule is CN(C)c1ccc(C#Cc2c3nc(-c4ccncc4)oc3c(C#Cc3ccc(N(C)C)cc3)c3nc(-c4ccncc4)oc23)cc1. The van der Waals surface area contributed by atoms with Crippen LogP contribution in [0.4, 0.5) is 11.4 Å².